The Balaban J connectivity index is 1.77. The Hall–Kier alpha value is -2.34. The molecular weight excluding hydrogens is 304 g/mol. The fraction of sp³-hybridized carbons (Fsp3) is 0.444. The molecule has 1 aromatic heterocycles. The molecule has 0 radical (unpaired) electrons. The molecular formula is C18H24N4O2. The molecule has 3 rings (SSSR count). The number of hydrogen-bond donors (Lipinski definition) is 0. The molecule has 1 aromatic carbocycles. The van der Waals surface area contributed by atoms with Crippen LogP contribution >= 0.6 is 0 Å². The molecule has 0 bridgehead atoms. The average molecular weight is 328 g/mol. The molecule has 1 fully saturated rings. The summed E-state index contributed by atoms with van der Waals surface area (Å²) >= 11 is 0. The van der Waals surface area contributed by atoms with Gasteiger partial charge in [-0.05, 0) is 43.8 Å². The topological polar surface area (TPSA) is 50.6 Å². The first-order valence-corrected chi connectivity index (χ1v) is 8.35. The van der Waals surface area contributed by atoms with Crippen molar-refractivity contribution in [1.82, 2.24) is 19.6 Å². The van der Waals surface area contributed by atoms with Crippen LogP contribution < -0.4 is 4.74 Å². The van der Waals surface area contributed by atoms with Crippen molar-refractivity contribution in [2.75, 3.05) is 39.8 Å². The summed E-state index contributed by atoms with van der Waals surface area (Å²) in [5, 5.41) is 4.52. The van der Waals surface area contributed by atoms with Gasteiger partial charge in [-0.25, -0.2) is 4.68 Å². The summed E-state index contributed by atoms with van der Waals surface area (Å²) in [6.45, 7) is 8.54. The number of benzene rings is 1. The van der Waals surface area contributed by atoms with Crippen molar-refractivity contribution < 1.29 is 9.53 Å². The third kappa shape index (κ3) is 3.28. The number of carbonyl (C=O) groups excluding carboxylic acids is 1. The molecule has 1 amide bonds. The fourth-order valence-electron chi connectivity index (χ4n) is 2.99. The van der Waals surface area contributed by atoms with E-state index in [1.807, 2.05) is 42.2 Å². The number of amides is 1. The predicted octanol–water partition coefficient (Wildman–Crippen LogP) is 1.97. The maximum Gasteiger partial charge on any atom is 0.274 e. The highest BCUT2D eigenvalue weighted by Crippen LogP contribution is 2.17. The van der Waals surface area contributed by atoms with E-state index < -0.39 is 0 Å². The minimum atomic E-state index is 0.0149. The molecule has 0 atom stereocenters. The second-order valence-electron chi connectivity index (χ2n) is 6.01. The van der Waals surface area contributed by atoms with Crippen molar-refractivity contribution >= 4 is 5.91 Å². The van der Waals surface area contributed by atoms with Crippen LogP contribution in [-0.4, -0.2) is 65.3 Å². The molecule has 0 saturated carbocycles. The van der Waals surface area contributed by atoms with Crippen LogP contribution in [0.3, 0.4) is 0 Å². The molecule has 0 aliphatic carbocycles. The zero-order valence-corrected chi connectivity index (χ0v) is 14.5. The molecule has 0 N–H and O–H groups in total. The number of carbonyl (C=O) groups is 1. The summed E-state index contributed by atoms with van der Waals surface area (Å²) in [7, 11) is 1.64. The molecule has 128 valence electrons. The summed E-state index contributed by atoms with van der Waals surface area (Å²) in [6.07, 6.45) is 0. The number of rotatable bonds is 4. The van der Waals surface area contributed by atoms with Crippen LogP contribution in [0.2, 0.25) is 0 Å². The molecule has 24 heavy (non-hydrogen) atoms. The molecule has 2 heterocycles. The standard InChI is InChI=1S/C18H24N4O2/c1-4-20-9-11-21(12-10-20)18(23)17-13-14(2)22(19-17)15-5-7-16(24-3)8-6-15/h5-8,13H,4,9-12H2,1-3H3. The van der Waals surface area contributed by atoms with Gasteiger partial charge in [0, 0.05) is 31.9 Å². The summed E-state index contributed by atoms with van der Waals surface area (Å²) in [6, 6.07) is 9.52. The van der Waals surface area contributed by atoms with Gasteiger partial charge >= 0.3 is 0 Å². The second kappa shape index (κ2) is 7.05. The van der Waals surface area contributed by atoms with Crippen LogP contribution in [0.1, 0.15) is 23.1 Å². The number of methoxy groups -OCH3 is 1. The molecule has 6 heteroatoms. The van der Waals surface area contributed by atoms with E-state index in [4.69, 9.17) is 4.74 Å². The van der Waals surface area contributed by atoms with Gasteiger partial charge in [-0.2, -0.15) is 5.10 Å². The van der Waals surface area contributed by atoms with E-state index in [0.29, 0.717) is 5.69 Å². The van der Waals surface area contributed by atoms with Gasteiger partial charge in [-0.1, -0.05) is 6.92 Å². The zero-order valence-electron chi connectivity index (χ0n) is 14.5. The van der Waals surface area contributed by atoms with Crippen LogP contribution in [-0.2, 0) is 0 Å². The van der Waals surface area contributed by atoms with Gasteiger partial charge in [0.2, 0.25) is 0 Å². The summed E-state index contributed by atoms with van der Waals surface area (Å²) in [4.78, 5) is 17.0. The van der Waals surface area contributed by atoms with Crippen LogP contribution in [0.4, 0.5) is 0 Å². The third-order valence-electron chi connectivity index (χ3n) is 4.53. The quantitative estimate of drug-likeness (QED) is 0.861. The molecule has 6 nitrogen and oxygen atoms in total. The molecule has 0 unspecified atom stereocenters. The van der Waals surface area contributed by atoms with Crippen molar-refractivity contribution in [2.45, 2.75) is 13.8 Å². The number of aromatic nitrogens is 2. The monoisotopic (exact) mass is 328 g/mol. The van der Waals surface area contributed by atoms with Crippen LogP contribution in [0.15, 0.2) is 30.3 Å². The largest absolute Gasteiger partial charge is 0.497 e. The highest BCUT2D eigenvalue weighted by molar-refractivity contribution is 5.92. The van der Waals surface area contributed by atoms with E-state index in [0.717, 1.165) is 49.9 Å². The fourth-order valence-corrected chi connectivity index (χ4v) is 2.99. The van der Waals surface area contributed by atoms with Crippen molar-refractivity contribution in [2.24, 2.45) is 0 Å². The number of aryl methyl sites for hydroxylation is 1. The Labute approximate surface area is 142 Å². The maximum atomic E-state index is 12.7. The lowest BCUT2D eigenvalue weighted by Crippen LogP contribution is -2.48. The van der Waals surface area contributed by atoms with Crippen molar-refractivity contribution in [3.63, 3.8) is 0 Å². The normalized spacial score (nSPS) is 15.5. The van der Waals surface area contributed by atoms with E-state index in [9.17, 15) is 4.79 Å². The van der Waals surface area contributed by atoms with E-state index in [2.05, 4.69) is 16.9 Å². The zero-order chi connectivity index (χ0) is 17.1. The van der Waals surface area contributed by atoms with Crippen LogP contribution in [0, 0.1) is 6.92 Å². The number of piperazine rings is 1. The number of nitrogens with zero attached hydrogens (tertiary/aromatic N) is 4. The number of hydrogen-bond acceptors (Lipinski definition) is 4. The third-order valence-corrected chi connectivity index (χ3v) is 4.53. The van der Waals surface area contributed by atoms with Gasteiger partial charge in [0.25, 0.3) is 5.91 Å². The molecule has 1 aliphatic heterocycles. The number of ether oxygens (including phenoxy) is 1. The SMILES string of the molecule is CCN1CCN(C(=O)c2cc(C)n(-c3ccc(OC)cc3)n2)CC1. The van der Waals surface area contributed by atoms with Gasteiger partial charge < -0.3 is 14.5 Å². The highest BCUT2D eigenvalue weighted by atomic mass is 16.5. The lowest BCUT2D eigenvalue weighted by atomic mass is 10.2. The first-order chi connectivity index (χ1) is 11.6. The Kier molecular flexibility index (Phi) is 4.85. The summed E-state index contributed by atoms with van der Waals surface area (Å²) < 4.78 is 6.98. The first-order valence-electron chi connectivity index (χ1n) is 8.35. The Morgan fingerprint density at radius 1 is 1.17 bits per heavy atom. The first kappa shape index (κ1) is 16.5. The molecule has 1 aliphatic rings. The predicted molar refractivity (Wildman–Crippen MR) is 92.9 cm³/mol. The smallest absolute Gasteiger partial charge is 0.274 e. The second-order valence-corrected chi connectivity index (χ2v) is 6.01. The van der Waals surface area contributed by atoms with Gasteiger partial charge in [0.15, 0.2) is 5.69 Å². The Morgan fingerprint density at radius 2 is 1.83 bits per heavy atom. The average Bonchev–Trinajstić information content (AvgIpc) is 3.03. The lowest BCUT2D eigenvalue weighted by Gasteiger charge is -2.33. The van der Waals surface area contributed by atoms with E-state index in [1.165, 1.54) is 0 Å². The van der Waals surface area contributed by atoms with E-state index in [-0.39, 0.29) is 5.91 Å². The number of likely N-dealkylation sites (N-methyl/N-ethyl adjacent to an activating group) is 1. The Bertz CT molecular complexity index is 700. The molecule has 0 spiro atoms. The highest BCUT2D eigenvalue weighted by Gasteiger charge is 2.23. The lowest BCUT2D eigenvalue weighted by molar-refractivity contribution is 0.0637. The van der Waals surface area contributed by atoms with Crippen molar-refractivity contribution in [1.29, 1.82) is 0 Å². The van der Waals surface area contributed by atoms with Crippen molar-refractivity contribution in [3.05, 3.63) is 41.7 Å². The van der Waals surface area contributed by atoms with Crippen LogP contribution in [0.5, 0.6) is 5.75 Å². The van der Waals surface area contributed by atoms with Crippen molar-refractivity contribution in [3.8, 4) is 11.4 Å². The minimum Gasteiger partial charge on any atom is -0.497 e. The van der Waals surface area contributed by atoms with Gasteiger partial charge in [0.05, 0.1) is 12.8 Å². The van der Waals surface area contributed by atoms with E-state index in [1.54, 1.807) is 11.8 Å². The summed E-state index contributed by atoms with van der Waals surface area (Å²) in [5.41, 5.74) is 2.37. The molecule has 2 aromatic rings. The molecule has 1 saturated heterocycles. The summed E-state index contributed by atoms with van der Waals surface area (Å²) in [5.74, 6) is 0.815. The Morgan fingerprint density at radius 3 is 2.42 bits per heavy atom. The maximum absolute atomic E-state index is 12.7. The minimum absolute atomic E-state index is 0.0149. The van der Waals surface area contributed by atoms with Gasteiger partial charge in [-0.15, -0.1) is 0 Å². The van der Waals surface area contributed by atoms with Gasteiger partial charge in [0.1, 0.15) is 5.75 Å². The van der Waals surface area contributed by atoms with E-state index >= 15 is 0 Å². The van der Waals surface area contributed by atoms with Crippen LogP contribution in [0.25, 0.3) is 5.69 Å². The van der Waals surface area contributed by atoms with Gasteiger partial charge in [-0.3, -0.25) is 4.79 Å².